The summed E-state index contributed by atoms with van der Waals surface area (Å²) in [5, 5.41) is 7.06. The smallest absolute Gasteiger partial charge is 0.419 e. The van der Waals surface area contributed by atoms with Crippen LogP contribution in [0.25, 0.3) is 22.2 Å². The minimum atomic E-state index is -3.92. The van der Waals surface area contributed by atoms with Crippen molar-refractivity contribution in [3.63, 3.8) is 0 Å². The Morgan fingerprint density at radius 3 is 2.42 bits per heavy atom. The maximum atomic E-state index is 13.7. The average Bonchev–Trinajstić information content (AvgIpc) is 3.42. The maximum absolute atomic E-state index is 13.7. The Labute approximate surface area is 253 Å². The van der Waals surface area contributed by atoms with Crippen molar-refractivity contribution in [1.29, 1.82) is 0 Å². The fourth-order valence-corrected chi connectivity index (χ4v) is 6.00. The number of nitrogens with zero attached hydrogens (tertiary/aromatic N) is 2. The number of carbonyl (C=O) groups is 2. The summed E-state index contributed by atoms with van der Waals surface area (Å²) in [6.45, 7) is 12.2. The van der Waals surface area contributed by atoms with E-state index in [1.165, 1.54) is 17.7 Å². The monoisotopic (exact) mass is 614 g/mol. The molecule has 0 unspecified atom stereocenters. The first-order valence-electron chi connectivity index (χ1n) is 14.0. The third-order valence-corrected chi connectivity index (χ3v) is 7.32. The van der Waals surface area contributed by atoms with Gasteiger partial charge in [0.15, 0.2) is 11.5 Å². The van der Waals surface area contributed by atoms with E-state index in [0.717, 1.165) is 30.3 Å². The number of methoxy groups -OCH3 is 1. The largest absolute Gasteiger partial charge is 0.493 e. The SMILES string of the molecule is COc1cc(-c2cc3cc(CNCC(C)(C)CN(C)C)ccc3n2C(=O)OC(C)(C)C)c2c(c1OS(C)(=O)=O)CNC2=O. The van der Waals surface area contributed by atoms with E-state index in [1.807, 2.05) is 24.3 Å². The molecular formula is C31H42N4O7S. The molecule has 3 aromatic rings. The third-order valence-electron chi connectivity index (χ3n) is 6.85. The molecule has 0 fully saturated rings. The Morgan fingerprint density at radius 1 is 1.12 bits per heavy atom. The van der Waals surface area contributed by atoms with Gasteiger partial charge >= 0.3 is 16.2 Å². The number of amides is 1. The van der Waals surface area contributed by atoms with Gasteiger partial charge in [0.05, 0.1) is 30.1 Å². The van der Waals surface area contributed by atoms with Crippen LogP contribution in [0.2, 0.25) is 0 Å². The van der Waals surface area contributed by atoms with E-state index >= 15 is 0 Å². The predicted octanol–water partition coefficient (Wildman–Crippen LogP) is 4.36. The van der Waals surface area contributed by atoms with Crippen LogP contribution in [0, 0.1) is 5.41 Å². The molecule has 1 aliphatic rings. The zero-order chi connectivity index (χ0) is 31.9. The van der Waals surface area contributed by atoms with Crippen molar-refractivity contribution < 1.29 is 31.7 Å². The Kier molecular flexibility index (Phi) is 8.88. The van der Waals surface area contributed by atoms with Crippen LogP contribution in [0.5, 0.6) is 11.5 Å². The fourth-order valence-electron chi connectivity index (χ4n) is 5.51. The lowest BCUT2D eigenvalue weighted by Gasteiger charge is -2.28. The highest BCUT2D eigenvalue weighted by Crippen LogP contribution is 2.44. The first kappa shape index (κ1) is 32.3. The van der Waals surface area contributed by atoms with Gasteiger partial charge in [-0.15, -0.1) is 0 Å². The van der Waals surface area contributed by atoms with Crippen molar-refractivity contribution in [3.8, 4) is 22.8 Å². The first-order chi connectivity index (χ1) is 19.9. The molecule has 43 heavy (non-hydrogen) atoms. The molecule has 12 heteroatoms. The van der Waals surface area contributed by atoms with Crippen molar-refractivity contribution >= 4 is 33.0 Å². The van der Waals surface area contributed by atoms with Crippen LogP contribution in [0.3, 0.4) is 0 Å². The molecule has 0 aliphatic carbocycles. The number of hydrogen-bond donors (Lipinski definition) is 2. The van der Waals surface area contributed by atoms with Crippen LogP contribution >= 0.6 is 0 Å². The van der Waals surface area contributed by atoms with E-state index in [9.17, 15) is 18.0 Å². The normalized spacial score (nSPS) is 13.8. The minimum absolute atomic E-state index is 0.0376. The van der Waals surface area contributed by atoms with Gasteiger partial charge in [-0.05, 0) is 70.1 Å². The molecule has 1 aromatic heterocycles. The summed E-state index contributed by atoms with van der Waals surface area (Å²) < 4.78 is 42.1. The summed E-state index contributed by atoms with van der Waals surface area (Å²) in [6.07, 6.45) is 0.309. The van der Waals surface area contributed by atoms with Crippen LogP contribution in [0.1, 0.15) is 56.1 Å². The Hall–Kier alpha value is -3.61. The molecule has 2 heterocycles. The molecule has 0 atom stereocenters. The van der Waals surface area contributed by atoms with Crippen LogP contribution < -0.4 is 19.6 Å². The van der Waals surface area contributed by atoms with E-state index in [1.54, 1.807) is 20.8 Å². The van der Waals surface area contributed by atoms with Crippen molar-refractivity contribution in [2.75, 3.05) is 40.6 Å². The van der Waals surface area contributed by atoms with Crippen molar-refractivity contribution in [2.24, 2.45) is 5.41 Å². The summed E-state index contributed by atoms with van der Waals surface area (Å²) in [5.41, 5.74) is 2.25. The maximum Gasteiger partial charge on any atom is 0.419 e. The highest BCUT2D eigenvalue weighted by molar-refractivity contribution is 7.86. The molecule has 0 bridgehead atoms. The highest BCUT2D eigenvalue weighted by atomic mass is 32.2. The van der Waals surface area contributed by atoms with Gasteiger partial charge in [-0.1, -0.05) is 19.9 Å². The second-order valence-corrected chi connectivity index (χ2v) is 14.6. The lowest BCUT2D eigenvalue weighted by Crippen LogP contribution is -2.37. The molecule has 2 aromatic carbocycles. The number of rotatable bonds is 10. The van der Waals surface area contributed by atoms with Crippen molar-refractivity contribution in [2.45, 2.75) is 53.3 Å². The van der Waals surface area contributed by atoms with Gasteiger partial charge < -0.3 is 29.2 Å². The number of hydrogen-bond acceptors (Lipinski definition) is 9. The molecule has 0 radical (unpaired) electrons. The molecular weight excluding hydrogens is 572 g/mol. The summed E-state index contributed by atoms with van der Waals surface area (Å²) >= 11 is 0. The van der Waals surface area contributed by atoms with Crippen LogP contribution in [0.15, 0.2) is 30.3 Å². The van der Waals surface area contributed by atoms with E-state index < -0.39 is 27.7 Å². The molecule has 1 aliphatic heterocycles. The standard InChI is InChI=1S/C31H42N4O7S/c1-30(2,3)41-29(37)35-23-11-10-19(15-32-17-31(4,5)18-34(6)7)12-20(23)13-24(35)21-14-25(40-8)27(42-43(9,38)39)22-16-33-28(36)26(21)22/h10-14,32H,15-18H2,1-9H3,(H,33,36). The van der Waals surface area contributed by atoms with Gasteiger partial charge in [-0.3, -0.25) is 4.79 Å². The summed E-state index contributed by atoms with van der Waals surface area (Å²) in [4.78, 5) is 29.0. The van der Waals surface area contributed by atoms with E-state index in [0.29, 0.717) is 28.9 Å². The number of benzene rings is 2. The second kappa shape index (κ2) is 11.8. The molecule has 0 saturated carbocycles. The summed E-state index contributed by atoms with van der Waals surface area (Å²) in [7, 11) is 1.58. The highest BCUT2D eigenvalue weighted by Gasteiger charge is 2.34. The molecule has 4 rings (SSSR count). The number of ether oxygens (including phenoxy) is 2. The average molecular weight is 615 g/mol. The molecule has 0 saturated heterocycles. The quantitative estimate of drug-likeness (QED) is 0.320. The lowest BCUT2D eigenvalue weighted by atomic mass is 9.93. The number of aromatic nitrogens is 1. The van der Waals surface area contributed by atoms with Gasteiger partial charge in [0.2, 0.25) is 0 Å². The number of nitrogens with one attached hydrogen (secondary N) is 2. The van der Waals surface area contributed by atoms with Crippen LogP contribution in [0.4, 0.5) is 4.79 Å². The molecule has 1 amide bonds. The van der Waals surface area contributed by atoms with Gasteiger partial charge in [0.25, 0.3) is 5.91 Å². The Morgan fingerprint density at radius 2 is 1.81 bits per heavy atom. The Bertz CT molecular complexity index is 1670. The lowest BCUT2D eigenvalue weighted by molar-refractivity contribution is 0.0546. The van der Waals surface area contributed by atoms with Gasteiger partial charge in [-0.25, -0.2) is 9.36 Å². The van der Waals surface area contributed by atoms with Crippen LogP contribution in [-0.4, -0.2) is 76.0 Å². The number of fused-ring (bicyclic) bond motifs is 2. The van der Waals surface area contributed by atoms with Gasteiger partial charge in [-0.2, -0.15) is 8.42 Å². The molecule has 0 spiro atoms. The first-order valence-corrected chi connectivity index (χ1v) is 15.9. The van der Waals surface area contributed by atoms with Gasteiger partial charge in [0, 0.05) is 42.7 Å². The summed E-state index contributed by atoms with van der Waals surface area (Å²) in [5.74, 6) is -0.369. The topological polar surface area (TPSA) is 128 Å². The zero-order valence-electron chi connectivity index (χ0n) is 26.4. The third kappa shape index (κ3) is 7.49. The molecule has 11 nitrogen and oxygen atoms in total. The summed E-state index contributed by atoms with van der Waals surface area (Å²) in [6, 6.07) is 9.18. The minimum Gasteiger partial charge on any atom is -0.493 e. The van der Waals surface area contributed by atoms with Gasteiger partial charge in [0.1, 0.15) is 5.60 Å². The number of carbonyl (C=O) groups excluding carboxylic acids is 2. The predicted molar refractivity (Wildman–Crippen MR) is 166 cm³/mol. The zero-order valence-corrected chi connectivity index (χ0v) is 27.2. The van der Waals surface area contributed by atoms with E-state index in [2.05, 4.69) is 43.5 Å². The Balaban J connectivity index is 1.85. The van der Waals surface area contributed by atoms with Crippen LogP contribution in [-0.2, 0) is 27.9 Å². The van der Waals surface area contributed by atoms with E-state index in [4.69, 9.17) is 13.7 Å². The van der Waals surface area contributed by atoms with Crippen molar-refractivity contribution in [1.82, 2.24) is 20.1 Å². The second-order valence-electron chi connectivity index (χ2n) is 13.0. The van der Waals surface area contributed by atoms with Crippen molar-refractivity contribution in [3.05, 3.63) is 47.0 Å². The molecule has 2 N–H and O–H groups in total. The van der Waals surface area contributed by atoms with E-state index in [-0.39, 0.29) is 29.0 Å². The fraction of sp³-hybridized carbons (Fsp3) is 0.484. The molecule has 234 valence electrons.